The van der Waals surface area contributed by atoms with Crippen LogP contribution in [0.3, 0.4) is 0 Å². The van der Waals surface area contributed by atoms with Crippen molar-refractivity contribution in [3.63, 3.8) is 0 Å². The molecule has 24 heavy (non-hydrogen) atoms. The zero-order valence-corrected chi connectivity index (χ0v) is 14.2. The molecule has 1 aliphatic heterocycles. The topological polar surface area (TPSA) is 93.3 Å². The zero-order valence-electron chi connectivity index (χ0n) is 14.2. The van der Waals surface area contributed by atoms with E-state index >= 15 is 0 Å². The molecule has 1 fully saturated rings. The Bertz CT molecular complexity index is 779. The minimum Gasteiger partial charge on any atom is -0.362 e. The molecule has 1 aliphatic rings. The molecule has 2 amide bonds. The second-order valence-corrected chi connectivity index (χ2v) is 6.08. The molecule has 0 saturated carbocycles. The number of aromatic nitrogens is 3. The van der Waals surface area contributed by atoms with E-state index in [0.29, 0.717) is 12.4 Å². The molecule has 2 aromatic rings. The molecule has 2 atom stereocenters. The Hall–Kier alpha value is -2.64. The van der Waals surface area contributed by atoms with Gasteiger partial charge in [0.15, 0.2) is 5.82 Å². The maximum absolute atomic E-state index is 12.8. The molecule has 3 heterocycles. The number of hydrogen-bond acceptors (Lipinski definition) is 5. The van der Waals surface area contributed by atoms with Crippen LogP contribution in [0.15, 0.2) is 17.0 Å². The third kappa shape index (κ3) is 2.57. The van der Waals surface area contributed by atoms with Crippen LogP contribution in [0.4, 0.5) is 5.82 Å². The number of likely N-dealkylation sites (tertiary alicyclic amines) is 1. The van der Waals surface area contributed by atoms with Gasteiger partial charge in [-0.25, -0.2) is 0 Å². The number of carbonyl (C=O) groups excluding carboxylic acids is 2. The number of amides is 2. The molecule has 0 aliphatic carbocycles. The molecule has 0 bridgehead atoms. The highest BCUT2D eigenvalue weighted by Crippen LogP contribution is 2.39. The summed E-state index contributed by atoms with van der Waals surface area (Å²) >= 11 is 0. The van der Waals surface area contributed by atoms with Crippen LogP contribution in [0.2, 0.25) is 0 Å². The Kier molecular flexibility index (Phi) is 4.13. The number of aryl methyl sites for hydroxylation is 2. The summed E-state index contributed by atoms with van der Waals surface area (Å²) < 4.78 is 6.60. The lowest BCUT2D eigenvalue weighted by Crippen LogP contribution is -2.32. The highest BCUT2D eigenvalue weighted by Gasteiger charge is 2.45. The monoisotopic (exact) mass is 331 g/mol. The van der Waals surface area contributed by atoms with Gasteiger partial charge in [-0.2, -0.15) is 5.10 Å². The lowest BCUT2D eigenvalue weighted by molar-refractivity contribution is -0.129. The van der Waals surface area contributed by atoms with Gasteiger partial charge in [-0.3, -0.25) is 14.3 Å². The van der Waals surface area contributed by atoms with Gasteiger partial charge in [0.25, 0.3) is 0 Å². The number of nitrogens with zero attached hydrogens (tertiary/aromatic N) is 4. The van der Waals surface area contributed by atoms with Crippen molar-refractivity contribution in [2.24, 2.45) is 13.0 Å². The Morgan fingerprint density at radius 1 is 1.46 bits per heavy atom. The molecule has 0 spiro atoms. The predicted octanol–water partition coefficient (Wildman–Crippen LogP) is 1.57. The van der Waals surface area contributed by atoms with Crippen LogP contribution >= 0.6 is 0 Å². The van der Waals surface area contributed by atoms with E-state index in [9.17, 15) is 9.59 Å². The largest absolute Gasteiger partial charge is 0.362 e. The molecular formula is C16H21N5O3. The van der Waals surface area contributed by atoms with Crippen LogP contribution in [0.25, 0.3) is 0 Å². The van der Waals surface area contributed by atoms with Crippen molar-refractivity contribution >= 4 is 17.6 Å². The fourth-order valence-corrected chi connectivity index (χ4v) is 3.21. The third-order valence-corrected chi connectivity index (χ3v) is 4.69. The van der Waals surface area contributed by atoms with Crippen molar-refractivity contribution < 1.29 is 14.1 Å². The minimum atomic E-state index is -0.489. The van der Waals surface area contributed by atoms with Gasteiger partial charge < -0.3 is 14.7 Å². The van der Waals surface area contributed by atoms with Gasteiger partial charge >= 0.3 is 0 Å². The molecule has 8 heteroatoms. The second-order valence-electron chi connectivity index (χ2n) is 6.08. The highest BCUT2D eigenvalue weighted by molar-refractivity contribution is 5.97. The van der Waals surface area contributed by atoms with Crippen molar-refractivity contribution in [2.45, 2.75) is 33.2 Å². The molecule has 1 saturated heterocycles. The fourth-order valence-electron chi connectivity index (χ4n) is 3.21. The van der Waals surface area contributed by atoms with Crippen LogP contribution in [-0.4, -0.2) is 38.2 Å². The van der Waals surface area contributed by atoms with Crippen LogP contribution < -0.4 is 5.32 Å². The Morgan fingerprint density at radius 3 is 2.75 bits per heavy atom. The summed E-state index contributed by atoms with van der Waals surface area (Å²) in [7, 11) is 1.85. The standard InChI is InChI=1S/C16H21N5O3/c1-5-21-13(22)6-11(14(21)12-7-17-20(4)10(12)3)16(23)18-15-9(2)8-24-19-15/h7-8,11,14H,5-6H2,1-4H3,(H,18,19,23)/t11-,14-/m0/s1. The van der Waals surface area contributed by atoms with Crippen LogP contribution in [0, 0.1) is 19.8 Å². The number of nitrogens with one attached hydrogen (secondary N) is 1. The van der Waals surface area contributed by atoms with E-state index in [0.717, 1.165) is 16.8 Å². The predicted molar refractivity (Wildman–Crippen MR) is 86.0 cm³/mol. The van der Waals surface area contributed by atoms with E-state index in [4.69, 9.17) is 4.52 Å². The number of anilines is 1. The quantitative estimate of drug-likeness (QED) is 0.918. The smallest absolute Gasteiger partial charge is 0.231 e. The summed E-state index contributed by atoms with van der Waals surface area (Å²) in [6.07, 6.45) is 3.38. The lowest BCUT2D eigenvalue weighted by Gasteiger charge is -2.26. The molecule has 0 radical (unpaired) electrons. The van der Waals surface area contributed by atoms with E-state index in [1.807, 2.05) is 20.9 Å². The summed E-state index contributed by atoms with van der Waals surface area (Å²) in [5.41, 5.74) is 2.60. The molecule has 128 valence electrons. The van der Waals surface area contributed by atoms with Crippen molar-refractivity contribution in [1.29, 1.82) is 0 Å². The van der Waals surface area contributed by atoms with Gasteiger partial charge in [-0.15, -0.1) is 0 Å². The molecule has 0 unspecified atom stereocenters. The highest BCUT2D eigenvalue weighted by atomic mass is 16.5. The Balaban J connectivity index is 1.92. The molecular weight excluding hydrogens is 310 g/mol. The number of hydrogen-bond donors (Lipinski definition) is 1. The van der Waals surface area contributed by atoms with Crippen molar-refractivity contribution in [2.75, 3.05) is 11.9 Å². The normalized spacial score (nSPS) is 20.7. The van der Waals surface area contributed by atoms with E-state index in [1.54, 1.807) is 22.7 Å². The van der Waals surface area contributed by atoms with Gasteiger partial charge in [0.05, 0.1) is 18.2 Å². The third-order valence-electron chi connectivity index (χ3n) is 4.69. The van der Waals surface area contributed by atoms with E-state index < -0.39 is 5.92 Å². The van der Waals surface area contributed by atoms with E-state index in [2.05, 4.69) is 15.6 Å². The van der Waals surface area contributed by atoms with Crippen molar-refractivity contribution in [3.8, 4) is 0 Å². The summed E-state index contributed by atoms with van der Waals surface area (Å²) in [5.74, 6) is -0.354. The maximum atomic E-state index is 12.8. The van der Waals surface area contributed by atoms with Gasteiger partial charge in [0.2, 0.25) is 11.8 Å². The summed E-state index contributed by atoms with van der Waals surface area (Å²) in [6, 6.07) is -0.316. The summed E-state index contributed by atoms with van der Waals surface area (Å²) in [5, 5.41) is 10.8. The first-order valence-corrected chi connectivity index (χ1v) is 7.93. The van der Waals surface area contributed by atoms with Crippen LogP contribution in [0.5, 0.6) is 0 Å². The fraction of sp³-hybridized carbons (Fsp3) is 0.500. The van der Waals surface area contributed by atoms with Crippen molar-refractivity contribution in [3.05, 3.63) is 29.3 Å². The summed E-state index contributed by atoms with van der Waals surface area (Å²) in [4.78, 5) is 26.9. The van der Waals surface area contributed by atoms with E-state index in [1.165, 1.54) is 6.26 Å². The lowest BCUT2D eigenvalue weighted by atomic mass is 9.93. The van der Waals surface area contributed by atoms with Gasteiger partial charge in [-0.1, -0.05) is 5.16 Å². The van der Waals surface area contributed by atoms with E-state index in [-0.39, 0.29) is 24.3 Å². The van der Waals surface area contributed by atoms with Gasteiger partial charge in [0.1, 0.15) is 6.26 Å². The van der Waals surface area contributed by atoms with Gasteiger partial charge in [0, 0.05) is 36.8 Å². The molecule has 3 rings (SSSR count). The van der Waals surface area contributed by atoms with Crippen LogP contribution in [0.1, 0.15) is 36.2 Å². The summed E-state index contributed by atoms with van der Waals surface area (Å²) in [6.45, 7) is 6.20. The molecule has 8 nitrogen and oxygen atoms in total. The molecule has 0 aromatic carbocycles. The number of rotatable bonds is 4. The maximum Gasteiger partial charge on any atom is 0.231 e. The average molecular weight is 331 g/mol. The van der Waals surface area contributed by atoms with Gasteiger partial charge in [-0.05, 0) is 20.8 Å². The first-order chi connectivity index (χ1) is 11.4. The van der Waals surface area contributed by atoms with Crippen LogP contribution in [-0.2, 0) is 16.6 Å². The Morgan fingerprint density at radius 2 is 2.21 bits per heavy atom. The second kappa shape index (κ2) is 6.10. The first kappa shape index (κ1) is 16.2. The van der Waals surface area contributed by atoms with Crippen molar-refractivity contribution in [1.82, 2.24) is 19.8 Å². The minimum absolute atomic E-state index is 0.0252. The average Bonchev–Trinajstić information content (AvgIpc) is 3.19. The Labute approximate surface area is 139 Å². The zero-order chi connectivity index (χ0) is 17.4. The molecule has 2 aromatic heterocycles. The first-order valence-electron chi connectivity index (χ1n) is 7.93. The number of carbonyl (C=O) groups is 2. The molecule has 1 N–H and O–H groups in total. The SMILES string of the molecule is CCN1C(=O)C[C@H](C(=O)Nc2nocc2C)[C@H]1c1cnn(C)c1C.